The molecule has 1 unspecified atom stereocenters. The Balaban J connectivity index is 1.94. The third-order valence-corrected chi connectivity index (χ3v) is 8.08. The zero-order chi connectivity index (χ0) is 29.1. The monoisotopic (exact) mass is 594 g/mol. The highest BCUT2D eigenvalue weighted by atomic mass is 32.2. The molecule has 0 saturated carbocycles. The fourth-order valence-electron chi connectivity index (χ4n) is 4.36. The maximum Gasteiger partial charge on any atom is 0.492 e. The Bertz CT molecular complexity index is 1350. The number of carbonyl (C=O) groups is 1. The minimum atomic E-state index is -5.31. The molecule has 0 radical (unpaired) electrons. The van der Waals surface area contributed by atoms with E-state index in [0.29, 0.717) is 45.1 Å². The molecule has 0 amide bonds. The van der Waals surface area contributed by atoms with Gasteiger partial charge in [0, 0.05) is 69.9 Å². The predicted molar refractivity (Wildman–Crippen MR) is 137 cm³/mol. The average Bonchev–Trinajstić information content (AvgIpc) is 2.91. The molecule has 4 rings (SSSR count). The second-order valence-electron chi connectivity index (χ2n) is 8.95. The summed E-state index contributed by atoms with van der Waals surface area (Å²) in [6.07, 6.45) is -10.1. The zero-order valence-electron chi connectivity index (χ0n) is 21.7. The Morgan fingerprint density at radius 2 is 1.68 bits per heavy atom. The van der Waals surface area contributed by atoms with Crippen LogP contribution in [0.2, 0.25) is 0 Å². The van der Waals surface area contributed by atoms with E-state index in [1.165, 1.54) is 25.2 Å². The molecule has 15 heteroatoms. The van der Waals surface area contributed by atoms with Gasteiger partial charge in [-0.3, -0.25) is 0 Å². The van der Waals surface area contributed by atoms with E-state index in [9.17, 15) is 31.1 Å². The average molecular weight is 595 g/mol. The highest BCUT2D eigenvalue weighted by Gasteiger charge is 2.43. The number of ether oxygens (including phenoxy) is 2. The number of methoxy groups -OCH3 is 2. The smallest absolute Gasteiger partial charge is 0.388 e. The molecule has 0 bridgehead atoms. The second kappa shape index (κ2) is 12.3. The van der Waals surface area contributed by atoms with Crippen LogP contribution in [0.4, 0.5) is 43.4 Å². The van der Waals surface area contributed by atoms with Gasteiger partial charge >= 0.3 is 18.3 Å². The minimum Gasteiger partial charge on any atom is -0.388 e. The van der Waals surface area contributed by atoms with Gasteiger partial charge in [-0.1, -0.05) is 0 Å². The molecule has 8 nitrogen and oxygen atoms in total. The fourth-order valence-corrected chi connectivity index (χ4v) is 6.07. The molecule has 0 spiro atoms. The summed E-state index contributed by atoms with van der Waals surface area (Å²) >= 11 is 0. The quantitative estimate of drug-likeness (QED) is 0.347. The van der Waals surface area contributed by atoms with E-state index in [2.05, 4.69) is 10.3 Å². The van der Waals surface area contributed by atoms with Gasteiger partial charge in [0.25, 0.3) is 0 Å². The second-order valence-corrected chi connectivity index (χ2v) is 10.5. The summed E-state index contributed by atoms with van der Waals surface area (Å²) in [4.78, 5) is 19.7. The van der Waals surface area contributed by atoms with Crippen LogP contribution in [0.1, 0.15) is 5.56 Å². The third-order valence-electron chi connectivity index (χ3n) is 6.31. The lowest BCUT2D eigenvalue weighted by atomic mass is 10.1. The van der Waals surface area contributed by atoms with Gasteiger partial charge in [0.15, 0.2) is 0 Å². The molecule has 2 aliphatic rings. The number of nitrogens with zero attached hydrogens (tertiary/aromatic N) is 3. The van der Waals surface area contributed by atoms with Crippen molar-refractivity contribution >= 4 is 33.8 Å². The number of nitrogens with one attached hydrogen (secondary N) is 1. The first-order chi connectivity index (χ1) is 18.9. The Labute approximate surface area is 228 Å². The van der Waals surface area contributed by atoms with Crippen LogP contribution in [0, 0.1) is 4.51 Å². The van der Waals surface area contributed by atoms with E-state index in [1.54, 1.807) is 12.1 Å². The first-order valence-corrected chi connectivity index (χ1v) is 13.4. The lowest BCUT2D eigenvalue weighted by Gasteiger charge is -2.32. The molecule has 1 atom stereocenters. The molecule has 0 aliphatic carbocycles. The molecule has 2 aromatic rings. The van der Waals surface area contributed by atoms with Crippen molar-refractivity contribution in [2.24, 2.45) is 4.99 Å². The van der Waals surface area contributed by atoms with Crippen LogP contribution in [0.15, 0.2) is 40.2 Å². The molecule has 2 heterocycles. The standard InChI is InChI=1S/C25H28F6N4O4S/c1-37-11-9-34(10-12-38-2)16-3-4-18-21(13-16)40(39-23(36)25(29,30)31)22-15-20(35-7-5-32-6-8-35)17(24(26,27)28)14-19(22)33-18/h3-4,13-15,32H,5-12H2,1-2H3. The van der Waals surface area contributed by atoms with Crippen molar-refractivity contribution in [2.75, 3.05) is 76.5 Å². The van der Waals surface area contributed by atoms with Gasteiger partial charge in [-0.25, -0.2) is 9.79 Å². The normalized spacial score (nSPS) is 17.1. The van der Waals surface area contributed by atoms with Crippen molar-refractivity contribution in [3.63, 3.8) is 0 Å². The molecule has 40 heavy (non-hydrogen) atoms. The summed E-state index contributed by atoms with van der Waals surface area (Å²) in [6, 6.07) is 6.64. The topological polar surface area (TPSA) is 75.6 Å². The highest BCUT2D eigenvalue weighted by Crippen LogP contribution is 2.48. The van der Waals surface area contributed by atoms with Crippen LogP contribution >= 0.6 is 10.8 Å². The summed E-state index contributed by atoms with van der Waals surface area (Å²) in [7, 11) is 1.03. The van der Waals surface area contributed by atoms with Crippen molar-refractivity contribution in [2.45, 2.75) is 17.2 Å². The van der Waals surface area contributed by atoms with Gasteiger partial charge < -0.3 is 28.8 Å². The van der Waals surface area contributed by atoms with Gasteiger partial charge in [-0.2, -0.15) is 26.3 Å². The third kappa shape index (κ3) is 6.70. The van der Waals surface area contributed by atoms with Crippen molar-refractivity contribution in [3.05, 3.63) is 45.8 Å². The van der Waals surface area contributed by atoms with Gasteiger partial charge in [0.2, 0.25) is 0 Å². The van der Waals surface area contributed by atoms with Crippen LogP contribution in [-0.4, -0.2) is 78.8 Å². The molecule has 2 aromatic carbocycles. The summed E-state index contributed by atoms with van der Waals surface area (Å²) in [6.45, 7) is 2.90. The molecule has 0 aromatic heterocycles. The summed E-state index contributed by atoms with van der Waals surface area (Å²) in [5.74, 6) is -2.45. The Kier molecular flexibility index (Phi) is 9.27. The Hall–Kier alpha value is -2.88. The molecular formula is C25H28F6N4O4S. The zero-order valence-corrected chi connectivity index (χ0v) is 22.5. The van der Waals surface area contributed by atoms with Crippen molar-refractivity contribution < 1.29 is 44.8 Å². The highest BCUT2D eigenvalue weighted by molar-refractivity contribution is 8.05. The molecule has 1 fully saturated rings. The van der Waals surface area contributed by atoms with Crippen molar-refractivity contribution in [1.82, 2.24) is 5.32 Å². The van der Waals surface area contributed by atoms with Gasteiger partial charge in [0.05, 0.1) is 44.9 Å². The number of rotatable bonds is 9. The maximum absolute atomic E-state index is 14.1. The maximum atomic E-state index is 14.1. The molecular weight excluding hydrogens is 566 g/mol. The largest absolute Gasteiger partial charge is 0.492 e. The predicted octanol–water partition coefficient (Wildman–Crippen LogP) is 4.08. The summed E-state index contributed by atoms with van der Waals surface area (Å²) in [5, 5.41) is 3.17. The number of benzene rings is 2. The van der Waals surface area contributed by atoms with Crippen LogP contribution in [0.3, 0.4) is 0 Å². The number of fused-ring (bicyclic) bond motifs is 2. The number of alkyl halides is 6. The van der Waals surface area contributed by atoms with E-state index in [4.69, 9.17) is 13.7 Å². The molecule has 220 valence electrons. The first kappa shape index (κ1) is 30.1. The van der Waals surface area contributed by atoms with E-state index < -0.39 is 34.7 Å². The van der Waals surface area contributed by atoms with Crippen LogP contribution < -0.4 is 20.5 Å². The number of carbonyl (C=O) groups excluding carboxylic acids is 1. The van der Waals surface area contributed by atoms with Crippen LogP contribution in [0.5, 0.6) is 0 Å². The minimum absolute atomic E-state index is 0.0379. The van der Waals surface area contributed by atoms with Gasteiger partial charge in [0.1, 0.15) is 0 Å². The number of piperazine rings is 1. The van der Waals surface area contributed by atoms with E-state index in [1.807, 2.05) is 4.90 Å². The van der Waals surface area contributed by atoms with Crippen molar-refractivity contribution in [1.29, 1.82) is 0 Å². The summed E-state index contributed by atoms with van der Waals surface area (Å²) in [5.41, 5.74) is -0.806. The number of anilines is 2. The van der Waals surface area contributed by atoms with Gasteiger partial charge in [-0.15, -0.1) is 0 Å². The van der Waals surface area contributed by atoms with E-state index in [0.717, 1.165) is 12.1 Å². The molecule has 1 N–H and O–H groups in total. The number of halogens is 6. The Morgan fingerprint density at radius 1 is 1.02 bits per heavy atom. The summed E-state index contributed by atoms with van der Waals surface area (Å²) < 4.78 is 97.9. The SMILES string of the molecule is COCCN(CCOC)c1ccc2c(c1)=S(OC(=O)C(F)(F)F)c1cc(N3CCNCC3)c(C(F)(F)F)cc1N=2. The van der Waals surface area contributed by atoms with E-state index >= 15 is 0 Å². The number of hydrogen-bond donors (Lipinski definition) is 1. The lowest BCUT2D eigenvalue weighted by Crippen LogP contribution is -2.44. The number of hydrogen-bond acceptors (Lipinski definition) is 8. The lowest BCUT2D eigenvalue weighted by molar-refractivity contribution is -0.188. The fraction of sp³-hybridized carbons (Fsp3) is 0.480. The van der Waals surface area contributed by atoms with Crippen molar-refractivity contribution in [3.8, 4) is 0 Å². The molecule has 2 aliphatic heterocycles. The van der Waals surface area contributed by atoms with Crippen LogP contribution in [-0.2, 0) is 24.6 Å². The van der Waals surface area contributed by atoms with E-state index in [-0.39, 0.29) is 39.2 Å². The molecule has 1 saturated heterocycles. The Morgan fingerprint density at radius 3 is 2.25 bits per heavy atom. The first-order valence-electron chi connectivity index (χ1n) is 12.3. The van der Waals surface area contributed by atoms with Gasteiger partial charge in [-0.05, 0) is 30.3 Å². The van der Waals surface area contributed by atoms with Crippen LogP contribution in [0.25, 0.3) is 0 Å².